The zero-order valence-corrected chi connectivity index (χ0v) is 14.2. The minimum Gasteiger partial charge on any atom is -0.382 e. The van der Waals surface area contributed by atoms with Gasteiger partial charge in [0.25, 0.3) is 0 Å². The molecule has 1 heterocycles. The van der Waals surface area contributed by atoms with E-state index in [1.807, 2.05) is 17.6 Å². The summed E-state index contributed by atoms with van der Waals surface area (Å²) in [4.78, 5) is 4.54. The summed E-state index contributed by atoms with van der Waals surface area (Å²) < 4.78 is 12.5. The molecule has 1 aromatic carbocycles. The number of halogens is 3. The summed E-state index contributed by atoms with van der Waals surface area (Å²) in [5.41, 5.74) is 1.69. The van der Waals surface area contributed by atoms with Gasteiger partial charge in [-0.1, -0.05) is 23.2 Å². The van der Waals surface area contributed by atoms with Crippen LogP contribution in [0.2, 0.25) is 10.0 Å². The van der Waals surface area contributed by atoms with Crippen molar-refractivity contribution in [3.8, 4) is 0 Å². The maximum atomic E-state index is 6.21. The highest BCUT2D eigenvalue weighted by Gasteiger charge is 2.16. The van der Waals surface area contributed by atoms with Crippen molar-refractivity contribution in [3.05, 3.63) is 28.0 Å². The van der Waals surface area contributed by atoms with Crippen molar-refractivity contribution in [2.45, 2.75) is 18.8 Å². The number of rotatable bonds is 7. The highest BCUT2D eigenvalue weighted by Crippen LogP contribution is 2.31. The van der Waals surface area contributed by atoms with E-state index in [1.165, 1.54) is 0 Å². The van der Waals surface area contributed by atoms with Gasteiger partial charge in [-0.05, 0) is 19.1 Å². The molecule has 0 bridgehead atoms. The first-order chi connectivity index (χ1) is 10.0. The molecule has 7 heteroatoms. The predicted molar refractivity (Wildman–Crippen MR) is 86.7 cm³/mol. The number of imidazole rings is 1. The lowest BCUT2D eigenvalue weighted by Gasteiger charge is -2.11. The van der Waals surface area contributed by atoms with E-state index < -0.39 is 0 Å². The first-order valence-corrected chi connectivity index (χ1v) is 7.79. The van der Waals surface area contributed by atoms with Crippen molar-refractivity contribution >= 4 is 45.8 Å². The summed E-state index contributed by atoms with van der Waals surface area (Å²) >= 11 is 18.3. The van der Waals surface area contributed by atoms with Crippen LogP contribution in [0.1, 0.15) is 18.1 Å². The van der Waals surface area contributed by atoms with E-state index in [1.54, 1.807) is 13.2 Å². The second kappa shape index (κ2) is 7.65. The second-order valence-electron chi connectivity index (χ2n) is 4.60. The third-order valence-electron chi connectivity index (χ3n) is 3.07. The van der Waals surface area contributed by atoms with Gasteiger partial charge in [0.05, 0.1) is 46.3 Å². The lowest BCUT2D eigenvalue weighted by Crippen LogP contribution is -2.12. The molecule has 2 rings (SSSR count). The summed E-state index contributed by atoms with van der Waals surface area (Å²) in [6.07, 6.45) is 0. The molecule has 1 atom stereocenters. The van der Waals surface area contributed by atoms with Gasteiger partial charge in [-0.15, -0.1) is 11.6 Å². The van der Waals surface area contributed by atoms with Gasteiger partial charge in [0, 0.05) is 13.7 Å². The Morgan fingerprint density at radius 2 is 1.90 bits per heavy atom. The van der Waals surface area contributed by atoms with Gasteiger partial charge < -0.3 is 14.0 Å². The number of nitrogens with zero attached hydrogens (tertiary/aromatic N) is 2. The molecule has 4 nitrogen and oxygen atoms in total. The molecule has 21 heavy (non-hydrogen) atoms. The number of methoxy groups -OCH3 is 1. The molecule has 0 saturated heterocycles. The quantitative estimate of drug-likeness (QED) is 0.551. The number of fused-ring (bicyclic) bond motifs is 1. The Kier molecular flexibility index (Phi) is 6.14. The number of aromatic nitrogens is 2. The molecule has 116 valence electrons. The topological polar surface area (TPSA) is 36.3 Å². The van der Waals surface area contributed by atoms with Crippen LogP contribution in [-0.2, 0) is 16.0 Å². The van der Waals surface area contributed by atoms with Crippen molar-refractivity contribution in [2.24, 2.45) is 0 Å². The zero-order valence-electron chi connectivity index (χ0n) is 11.9. The average Bonchev–Trinajstić information content (AvgIpc) is 2.77. The first kappa shape index (κ1) is 16.8. The summed E-state index contributed by atoms with van der Waals surface area (Å²) in [6.45, 7) is 4.21. The van der Waals surface area contributed by atoms with Crippen LogP contribution in [0.25, 0.3) is 11.0 Å². The Morgan fingerprint density at radius 1 is 1.19 bits per heavy atom. The first-order valence-electron chi connectivity index (χ1n) is 6.60. The summed E-state index contributed by atoms with van der Waals surface area (Å²) in [6, 6.07) is 3.56. The Balaban J connectivity index is 2.26. The Morgan fingerprint density at radius 3 is 2.57 bits per heavy atom. The number of alkyl halides is 1. The summed E-state index contributed by atoms with van der Waals surface area (Å²) in [5, 5.41) is 0.771. The molecule has 0 N–H and O–H groups in total. The molecule has 2 aromatic rings. The van der Waals surface area contributed by atoms with E-state index in [0.29, 0.717) is 36.4 Å². The maximum absolute atomic E-state index is 6.21. The fourth-order valence-electron chi connectivity index (χ4n) is 2.08. The zero-order chi connectivity index (χ0) is 15.4. The third-order valence-corrected chi connectivity index (χ3v) is 3.98. The third kappa shape index (κ3) is 4.02. The molecule has 0 spiro atoms. The molecular formula is C14H17Cl3N2O2. The summed E-state index contributed by atoms with van der Waals surface area (Å²) in [5.74, 6) is 0.778. The van der Waals surface area contributed by atoms with Crippen molar-refractivity contribution in [3.63, 3.8) is 0 Å². The Bertz CT molecular complexity index is 614. The molecular weight excluding hydrogens is 335 g/mol. The molecule has 0 fully saturated rings. The van der Waals surface area contributed by atoms with Gasteiger partial charge in [-0.3, -0.25) is 0 Å². The smallest absolute Gasteiger partial charge is 0.127 e. The standard InChI is InChI=1S/C14H17Cl3N2O2/c1-9(15)14-18-12-7-10(16)11(17)8-13(12)19(14)3-4-21-6-5-20-2/h7-9H,3-6H2,1-2H3. The van der Waals surface area contributed by atoms with E-state index in [2.05, 4.69) is 4.98 Å². The number of hydrogen-bond donors (Lipinski definition) is 0. The molecule has 1 unspecified atom stereocenters. The number of ether oxygens (including phenoxy) is 2. The average molecular weight is 352 g/mol. The molecule has 0 aliphatic heterocycles. The van der Waals surface area contributed by atoms with Crippen molar-refractivity contribution in [2.75, 3.05) is 26.9 Å². The van der Waals surface area contributed by atoms with E-state index in [-0.39, 0.29) is 5.38 Å². The predicted octanol–water partition coefficient (Wildman–Crippen LogP) is 4.31. The minimum atomic E-state index is -0.214. The van der Waals surface area contributed by atoms with Crippen LogP contribution < -0.4 is 0 Å². The van der Waals surface area contributed by atoms with Crippen LogP contribution >= 0.6 is 34.8 Å². The van der Waals surface area contributed by atoms with E-state index >= 15 is 0 Å². The molecule has 0 aliphatic rings. The van der Waals surface area contributed by atoms with Gasteiger partial charge >= 0.3 is 0 Å². The number of benzene rings is 1. The Hall–Kier alpha value is -0.520. The normalized spacial score (nSPS) is 13.0. The van der Waals surface area contributed by atoms with Crippen LogP contribution in [-0.4, -0.2) is 36.5 Å². The van der Waals surface area contributed by atoms with Gasteiger partial charge in [0.1, 0.15) is 5.82 Å². The molecule has 0 aliphatic carbocycles. The van der Waals surface area contributed by atoms with E-state index in [0.717, 1.165) is 16.9 Å². The van der Waals surface area contributed by atoms with Crippen molar-refractivity contribution < 1.29 is 9.47 Å². The van der Waals surface area contributed by atoms with Crippen LogP contribution in [0.15, 0.2) is 12.1 Å². The highest BCUT2D eigenvalue weighted by atomic mass is 35.5. The van der Waals surface area contributed by atoms with Crippen molar-refractivity contribution in [1.29, 1.82) is 0 Å². The summed E-state index contributed by atoms with van der Waals surface area (Å²) in [7, 11) is 1.64. The second-order valence-corrected chi connectivity index (χ2v) is 6.07. The maximum Gasteiger partial charge on any atom is 0.127 e. The molecule has 1 aromatic heterocycles. The number of hydrogen-bond acceptors (Lipinski definition) is 3. The largest absolute Gasteiger partial charge is 0.382 e. The van der Waals surface area contributed by atoms with Crippen LogP contribution in [0.3, 0.4) is 0 Å². The minimum absolute atomic E-state index is 0.214. The van der Waals surface area contributed by atoms with E-state index in [4.69, 9.17) is 44.3 Å². The highest BCUT2D eigenvalue weighted by molar-refractivity contribution is 6.42. The molecule has 0 radical (unpaired) electrons. The van der Waals surface area contributed by atoms with Crippen LogP contribution in [0.5, 0.6) is 0 Å². The lowest BCUT2D eigenvalue weighted by atomic mass is 10.3. The molecule has 0 amide bonds. The van der Waals surface area contributed by atoms with E-state index in [9.17, 15) is 0 Å². The van der Waals surface area contributed by atoms with Gasteiger partial charge in [0.15, 0.2) is 0 Å². The SMILES string of the molecule is COCCOCCn1c(C(C)Cl)nc2cc(Cl)c(Cl)cc21. The fourth-order valence-corrected chi connectivity index (χ4v) is 2.56. The fraction of sp³-hybridized carbons (Fsp3) is 0.500. The Labute approximate surface area is 138 Å². The van der Waals surface area contributed by atoms with Crippen LogP contribution in [0.4, 0.5) is 0 Å². The van der Waals surface area contributed by atoms with Gasteiger partial charge in [0.2, 0.25) is 0 Å². The van der Waals surface area contributed by atoms with Crippen molar-refractivity contribution in [1.82, 2.24) is 9.55 Å². The molecule has 0 saturated carbocycles. The van der Waals surface area contributed by atoms with Gasteiger partial charge in [-0.25, -0.2) is 4.98 Å². The van der Waals surface area contributed by atoms with Crippen LogP contribution in [0, 0.1) is 0 Å². The lowest BCUT2D eigenvalue weighted by molar-refractivity contribution is 0.0667. The monoisotopic (exact) mass is 350 g/mol. The van der Waals surface area contributed by atoms with Gasteiger partial charge in [-0.2, -0.15) is 0 Å².